The molecule has 0 bridgehead atoms. The maximum atomic E-state index is 13.5. The third-order valence-electron chi connectivity index (χ3n) is 5.90. The SMILES string of the molecule is Fc1ccc(C2=C[C+]([C+]3c4ccccc4-c4ccccc43)c3ccccc32)cc1. The molecule has 2 aliphatic rings. The second-order valence-corrected chi connectivity index (χ2v) is 7.49. The molecule has 0 heterocycles. The average Bonchev–Trinajstić information content (AvgIpc) is 3.30. The molecule has 0 atom stereocenters. The first-order valence-electron chi connectivity index (χ1n) is 9.82. The Labute approximate surface area is 170 Å². The second-order valence-electron chi connectivity index (χ2n) is 7.49. The lowest BCUT2D eigenvalue weighted by atomic mass is 9.81. The van der Waals surface area contributed by atoms with E-state index in [1.807, 2.05) is 12.1 Å². The number of benzene rings is 4. The molecule has 0 radical (unpaired) electrons. The molecule has 0 N–H and O–H groups in total. The Hall–Kier alpha value is -3.71. The molecule has 4 aromatic carbocycles. The molecular formula is C28H17F+2. The van der Waals surface area contributed by atoms with Crippen molar-refractivity contribution in [2.45, 2.75) is 0 Å². The van der Waals surface area contributed by atoms with Crippen molar-refractivity contribution in [2.75, 3.05) is 0 Å². The number of rotatable bonds is 2. The van der Waals surface area contributed by atoms with E-state index < -0.39 is 0 Å². The van der Waals surface area contributed by atoms with Gasteiger partial charge in [0.05, 0.1) is 17.2 Å². The Kier molecular flexibility index (Phi) is 3.45. The predicted octanol–water partition coefficient (Wildman–Crippen LogP) is 6.85. The molecule has 0 nitrogen and oxygen atoms in total. The van der Waals surface area contributed by atoms with E-state index in [0.29, 0.717) is 0 Å². The van der Waals surface area contributed by atoms with Gasteiger partial charge in [-0.3, -0.25) is 0 Å². The Morgan fingerprint density at radius 3 is 1.66 bits per heavy atom. The first-order valence-corrected chi connectivity index (χ1v) is 9.82. The number of fused-ring (bicyclic) bond motifs is 4. The van der Waals surface area contributed by atoms with E-state index in [1.165, 1.54) is 57.3 Å². The minimum atomic E-state index is -0.210. The zero-order valence-electron chi connectivity index (χ0n) is 15.7. The van der Waals surface area contributed by atoms with Gasteiger partial charge < -0.3 is 0 Å². The quantitative estimate of drug-likeness (QED) is 0.338. The topological polar surface area (TPSA) is 0 Å². The van der Waals surface area contributed by atoms with E-state index in [2.05, 4.69) is 78.9 Å². The Bertz CT molecular complexity index is 1220. The lowest BCUT2D eigenvalue weighted by Gasteiger charge is -2.10. The highest BCUT2D eigenvalue weighted by Gasteiger charge is 2.48. The van der Waals surface area contributed by atoms with Crippen LogP contribution in [0.15, 0.2) is 103 Å². The molecule has 0 aromatic heterocycles. The zero-order chi connectivity index (χ0) is 19.4. The van der Waals surface area contributed by atoms with Crippen LogP contribution in [-0.2, 0) is 0 Å². The maximum Gasteiger partial charge on any atom is 0.129 e. The third-order valence-corrected chi connectivity index (χ3v) is 5.90. The van der Waals surface area contributed by atoms with Gasteiger partial charge in [-0.25, -0.2) is 4.39 Å². The average molecular weight is 372 g/mol. The van der Waals surface area contributed by atoms with Crippen molar-refractivity contribution in [3.05, 3.63) is 149 Å². The normalized spacial score (nSPS) is 13.8. The van der Waals surface area contributed by atoms with Crippen molar-refractivity contribution < 1.29 is 4.39 Å². The lowest BCUT2D eigenvalue weighted by molar-refractivity contribution is 0.627. The van der Waals surface area contributed by atoms with Crippen molar-refractivity contribution in [1.29, 1.82) is 0 Å². The Morgan fingerprint density at radius 2 is 1.03 bits per heavy atom. The Morgan fingerprint density at radius 1 is 0.517 bits per heavy atom. The summed E-state index contributed by atoms with van der Waals surface area (Å²) >= 11 is 0. The standard InChI is InChI=1S/C28H17F/c29-19-15-13-18(14-16-19)26-17-27(23-10-2-1-9-22(23)26)28-24-11-5-3-7-20(24)21-8-4-6-12-25(21)28/h1-17H/q+2. The summed E-state index contributed by atoms with van der Waals surface area (Å²) in [6, 6.07) is 32.5. The van der Waals surface area contributed by atoms with Crippen LogP contribution in [-0.4, -0.2) is 0 Å². The third kappa shape index (κ3) is 2.37. The molecule has 0 amide bonds. The molecule has 0 saturated heterocycles. The summed E-state index contributed by atoms with van der Waals surface area (Å²) in [4.78, 5) is 0. The minimum Gasteiger partial charge on any atom is -0.207 e. The summed E-state index contributed by atoms with van der Waals surface area (Å²) in [6.45, 7) is 0. The summed E-state index contributed by atoms with van der Waals surface area (Å²) in [6.07, 6.45) is 2.27. The van der Waals surface area contributed by atoms with Crippen LogP contribution in [0, 0.1) is 17.7 Å². The number of hydrogen-bond donors (Lipinski definition) is 0. The molecular weight excluding hydrogens is 355 g/mol. The van der Waals surface area contributed by atoms with Gasteiger partial charge in [0.1, 0.15) is 45.5 Å². The van der Waals surface area contributed by atoms with E-state index in [-0.39, 0.29) is 5.82 Å². The number of allylic oxidation sites excluding steroid dienone is 1. The molecule has 4 aromatic rings. The molecule has 0 unspecified atom stereocenters. The van der Waals surface area contributed by atoms with Gasteiger partial charge in [-0.15, -0.1) is 0 Å². The fourth-order valence-electron chi connectivity index (χ4n) is 4.64. The van der Waals surface area contributed by atoms with Gasteiger partial charge in [-0.1, -0.05) is 0 Å². The molecule has 29 heavy (non-hydrogen) atoms. The van der Waals surface area contributed by atoms with Crippen LogP contribution in [0.1, 0.15) is 27.8 Å². The fraction of sp³-hybridized carbons (Fsp3) is 0. The van der Waals surface area contributed by atoms with E-state index in [0.717, 1.165) is 11.1 Å². The molecule has 1 heteroatoms. The number of halogens is 1. The zero-order valence-corrected chi connectivity index (χ0v) is 15.7. The van der Waals surface area contributed by atoms with Crippen molar-refractivity contribution in [3.8, 4) is 11.1 Å². The highest BCUT2D eigenvalue weighted by Crippen LogP contribution is 2.54. The fourth-order valence-corrected chi connectivity index (χ4v) is 4.64. The van der Waals surface area contributed by atoms with Crippen LogP contribution in [0.3, 0.4) is 0 Å². The van der Waals surface area contributed by atoms with Gasteiger partial charge in [-0.05, 0) is 78.9 Å². The molecule has 0 spiro atoms. The van der Waals surface area contributed by atoms with Crippen molar-refractivity contribution in [2.24, 2.45) is 0 Å². The van der Waals surface area contributed by atoms with Crippen LogP contribution in [0.5, 0.6) is 0 Å². The molecule has 0 aliphatic heterocycles. The van der Waals surface area contributed by atoms with Gasteiger partial charge in [0.2, 0.25) is 0 Å². The highest BCUT2D eigenvalue weighted by molar-refractivity contribution is 5.95. The molecule has 134 valence electrons. The molecule has 0 saturated carbocycles. The Balaban J connectivity index is 1.57. The highest BCUT2D eigenvalue weighted by atomic mass is 19.1. The van der Waals surface area contributed by atoms with Crippen LogP contribution in [0.25, 0.3) is 16.7 Å². The largest absolute Gasteiger partial charge is 0.207 e. The van der Waals surface area contributed by atoms with E-state index in [9.17, 15) is 4.39 Å². The van der Waals surface area contributed by atoms with Gasteiger partial charge >= 0.3 is 0 Å². The van der Waals surface area contributed by atoms with Crippen LogP contribution in [0.2, 0.25) is 0 Å². The van der Waals surface area contributed by atoms with E-state index in [4.69, 9.17) is 0 Å². The van der Waals surface area contributed by atoms with E-state index >= 15 is 0 Å². The minimum absolute atomic E-state index is 0.210. The predicted molar refractivity (Wildman–Crippen MR) is 116 cm³/mol. The van der Waals surface area contributed by atoms with Gasteiger partial charge in [0.15, 0.2) is 0 Å². The maximum absolute atomic E-state index is 13.5. The summed E-state index contributed by atoms with van der Waals surface area (Å²) < 4.78 is 13.5. The molecule has 6 rings (SSSR count). The van der Waals surface area contributed by atoms with Crippen LogP contribution in [0.4, 0.5) is 4.39 Å². The van der Waals surface area contributed by atoms with Crippen molar-refractivity contribution in [1.82, 2.24) is 0 Å². The lowest BCUT2D eigenvalue weighted by Crippen LogP contribution is -2.09. The van der Waals surface area contributed by atoms with Crippen LogP contribution >= 0.6 is 0 Å². The van der Waals surface area contributed by atoms with Gasteiger partial charge in [-0.2, -0.15) is 0 Å². The summed E-state index contributed by atoms with van der Waals surface area (Å²) in [5.41, 5.74) is 9.72. The first kappa shape index (κ1) is 16.3. The summed E-state index contributed by atoms with van der Waals surface area (Å²) in [5, 5.41) is 0. The van der Waals surface area contributed by atoms with Gasteiger partial charge in [0.25, 0.3) is 0 Å². The smallest absolute Gasteiger partial charge is 0.129 e. The van der Waals surface area contributed by atoms with Crippen LogP contribution < -0.4 is 0 Å². The number of hydrogen-bond acceptors (Lipinski definition) is 0. The molecule has 0 fully saturated rings. The summed E-state index contributed by atoms with van der Waals surface area (Å²) in [5.74, 6) is 2.30. The molecule has 2 aliphatic carbocycles. The van der Waals surface area contributed by atoms with E-state index in [1.54, 1.807) is 0 Å². The van der Waals surface area contributed by atoms with Crippen molar-refractivity contribution >= 4 is 5.57 Å². The first-order chi connectivity index (χ1) is 14.3. The van der Waals surface area contributed by atoms with Crippen molar-refractivity contribution in [3.63, 3.8) is 0 Å². The second kappa shape index (κ2) is 6.15. The monoisotopic (exact) mass is 372 g/mol. The van der Waals surface area contributed by atoms with Gasteiger partial charge in [0, 0.05) is 23.8 Å². The summed E-state index contributed by atoms with van der Waals surface area (Å²) in [7, 11) is 0.